The smallest absolute Gasteiger partial charge is 0.359 e. The zero-order valence-electron chi connectivity index (χ0n) is 17.8. The fourth-order valence-electron chi connectivity index (χ4n) is 3.36. The molecule has 1 fully saturated rings. The molecule has 0 radical (unpaired) electrons. The van der Waals surface area contributed by atoms with E-state index < -0.39 is 35.4 Å². The molecular formula is C23H27NO6. The number of carbonyl (C=O) groups is 2. The van der Waals surface area contributed by atoms with Gasteiger partial charge in [0.2, 0.25) is 5.72 Å². The van der Waals surface area contributed by atoms with Crippen molar-refractivity contribution in [2.45, 2.75) is 44.2 Å². The summed E-state index contributed by atoms with van der Waals surface area (Å²) in [5, 5.41) is 3.22. The Bertz CT molecular complexity index is 890. The maximum Gasteiger partial charge on any atom is 0.359 e. The Morgan fingerprint density at radius 2 is 1.63 bits per heavy atom. The Morgan fingerprint density at radius 3 is 2.17 bits per heavy atom. The summed E-state index contributed by atoms with van der Waals surface area (Å²) in [5.41, 5.74) is -1.18. The third kappa shape index (κ3) is 4.32. The summed E-state index contributed by atoms with van der Waals surface area (Å²) in [5.74, 6) is -0.608. The van der Waals surface area contributed by atoms with Crippen LogP contribution in [0.15, 0.2) is 54.6 Å². The van der Waals surface area contributed by atoms with E-state index in [9.17, 15) is 9.59 Å². The van der Waals surface area contributed by atoms with Crippen molar-refractivity contribution in [2.24, 2.45) is 0 Å². The number of hydrogen-bond donors (Lipinski definition) is 1. The predicted molar refractivity (Wildman–Crippen MR) is 110 cm³/mol. The third-order valence-corrected chi connectivity index (χ3v) is 4.74. The van der Waals surface area contributed by atoms with Gasteiger partial charge < -0.3 is 18.9 Å². The first-order chi connectivity index (χ1) is 14.2. The fraction of sp³-hybridized carbons (Fsp3) is 0.391. The van der Waals surface area contributed by atoms with Gasteiger partial charge in [-0.2, -0.15) is 0 Å². The zero-order valence-corrected chi connectivity index (χ0v) is 17.8. The van der Waals surface area contributed by atoms with Gasteiger partial charge in [-0.3, -0.25) is 5.32 Å². The Balaban J connectivity index is 2.10. The van der Waals surface area contributed by atoms with Gasteiger partial charge in [-0.05, 0) is 38.5 Å². The van der Waals surface area contributed by atoms with Gasteiger partial charge in [0, 0.05) is 5.56 Å². The van der Waals surface area contributed by atoms with Gasteiger partial charge in [-0.1, -0.05) is 42.5 Å². The first kappa shape index (κ1) is 21.8. The second-order valence-corrected chi connectivity index (χ2v) is 8.01. The minimum atomic E-state index is -1.70. The molecule has 0 aromatic heterocycles. The maximum absolute atomic E-state index is 13.4. The highest BCUT2D eigenvalue weighted by atomic mass is 16.6. The van der Waals surface area contributed by atoms with Crippen LogP contribution in [-0.2, 0) is 29.5 Å². The molecular weight excluding hydrogens is 386 g/mol. The molecule has 7 nitrogen and oxygen atoms in total. The average molecular weight is 413 g/mol. The molecule has 1 N–H and O–H groups in total. The molecule has 0 amide bonds. The van der Waals surface area contributed by atoms with Crippen molar-refractivity contribution < 1.29 is 28.5 Å². The standard InChI is InChI=1S/C23H27NO6/c1-22(2,3)30-21(26)23(16-11-13-17(27-4)14-12-16)24-18(15-9-7-6-8-10-15)19(29-23)20(25)28-5/h6-14,18-19,24H,1-5H3. The molecule has 0 bridgehead atoms. The molecule has 1 saturated heterocycles. The Hall–Kier alpha value is -2.90. The fourth-order valence-corrected chi connectivity index (χ4v) is 3.36. The van der Waals surface area contributed by atoms with Crippen LogP contribution in [0.1, 0.15) is 37.9 Å². The molecule has 1 aliphatic heterocycles. The minimum Gasteiger partial charge on any atom is -0.497 e. The van der Waals surface area contributed by atoms with E-state index in [0.717, 1.165) is 5.56 Å². The molecule has 2 aromatic carbocycles. The second-order valence-electron chi connectivity index (χ2n) is 8.01. The van der Waals surface area contributed by atoms with E-state index in [-0.39, 0.29) is 0 Å². The summed E-state index contributed by atoms with van der Waals surface area (Å²) in [4.78, 5) is 25.9. The molecule has 30 heavy (non-hydrogen) atoms. The molecule has 3 atom stereocenters. The van der Waals surface area contributed by atoms with Crippen LogP contribution in [0.2, 0.25) is 0 Å². The highest BCUT2D eigenvalue weighted by molar-refractivity contribution is 5.84. The lowest BCUT2D eigenvalue weighted by molar-refractivity contribution is -0.190. The van der Waals surface area contributed by atoms with Crippen LogP contribution in [-0.4, -0.2) is 37.9 Å². The highest BCUT2D eigenvalue weighted by Crippen LogP contribution is 2.41. The number of methoxy groups -OCH3 is 2. The van der Waals surface area contributed by atoms with Gasteiger partial charge in [0.25, 0.3) is 0 Å². The number of esters is 2. The van der Waals surface area contributed by atoms with Crippen LogP contribution in [0.3, 0.4) is 0 Å². The number of carbonyl (C=O) groups excluding carboxylic acids is 2. The van der Waals surface area contributed by atoms with Crippen LogP contribution < -0.4 is 10.1 Å². The summed E-state index contributed by atoms with van der Waals surface area (Å²) >= 11 is 0. The Labute approximate surface area is 176 Å². The van der Waals surface area contributed by atoms with Crippen molar-refractivity contribution in [3.63, 3.8) is 0 Å². The van der Waals surface area contributed by atoms with Crippen LogP contribution in [0.4, 0.5) is 0 Å². The van der Waals surface area contributed by atoms with E-state index in [1.165, 1.54) is 7.11 Å². The quantitative estimate of drug-likeness (QED) is 0.754. The number of rotatable bonds is 5. The van der Waals surface area contributed by atoms with Gasteiger partial charge in [0.05, 0.1) is 20.3 Å². The molecule has 7 heteroatoms. The molecule has 1 aliphatic rings. The number of benzene rings is 2. The lowest BCUT2D eigenvalue weighted by Crippen LogP contribution is -2.49. The van der Waals surface area contributed by atoms with Crippen LogP contribution in [0, 0.1) is 0 Å². The number of hydrogen-bond acceptors (Lipinski definition) is 7. The molecule has 0 spiro atoms. The van der Waals surface area contributed by atoms with E-state index in [1.54, 1.807) is 52.1 Å². The first-order valence-electron chi connectivity index (χ1n) is 9.66. The normalized spacial score (nSPS) is 23.6. The topological polar surface area (TPSA) is 83.1 Å². The largest absolute Gasteiger partial charge is 0.497 e. The van der Waals surface area contributed by atoms with Crippen molar-refractivity contribution >= 4 is 11.9 Å². The SMILES string of the molecule is COC(=O)C1OC(C(=O)OC(C)(C)C)(c2ccc(OC)cc2)NC1c1ccccc1. The summed E-state index contributed by atoms with van der Waals surface area (Å²) < 4.78 is 22.0. The molecule has 3 unspecified atom stereocenters. The third-order valence-electron chi connectivity index (χ3n) is 4.74. The summed E-state index contributed by atoms with van der Waals surface area (Å²) in [6.45, 7) is 5.32. The lowest BCUT2D eigenvalue weighted by atomic mass is 9.99. The number of ether oxygens (including phenoxy) is 4. The monoisotopic (exact) mass is 413 g/mol. The minimum absolute atomic E-state index is 0.491. The average Bonchev–Trinajstić information content (AvgIpc) is 3.15. The van der Waals surface area contributed by atoms with Crippen molar-refractivity contribution in [1.82, 2.24) is 5.32 Å². The van der Waals surface area contributed by atoms with Crippen LogP contribution >= 0.6 is 0 Å². The second kappa shape index (κ2) is 8.45. The van der Waals surface area contributed by atoms with Crippen molar-refractivity contribution in [3.05, 3.63) is 65.7 Å². The Morgan fingerprint density at radius 1 is 1.00 bits per heavy atom. The maximum atomic E-state index is 13.4. The van der Waals surface area contributed by atoms with Crippen LogP contribution in [0.25, 0.3) is 0 Å². The van der Waals surface area contributed by atoms with E-state index in [2.05, 4.69) is 5.32 Å². The summed E-state index contributed by atoms with van der Waals surface area (Å²) in [6.07, 6.45) is -1.05. The van der Waals surface area contributed by atoms with E-state index >= 15 is 0 Å². The lowest BCUT2D eigenvalue weighted by Gasteiger charge is -2.31. The summed E-state index contributed by atoms with van der Waals surface area (Å²) in [7, 11) is 2.84. The summed E-state index contributed by atoms with van der Waals surface area (Å²) in [6, 6.07) is 15.5. The Kier molecular flexibility index (Phi) is 6.14. The molecule has 160 valence electrons. The van der Waals surface area contributed by atoms with Gasteiger partial charge in [-0.25, -0.2) is 9.59 Å². The zero-order chi connectivity index (χ0) is 21.9. The van der Waals surface area contributed by atoms with Gasteiger partial charge in [0.15, 0.2) is 6.10 Å². The molecule has 2 aromatic rings. The molecule has 0 aliphatic carbocycles. The van der Waals surface area contributed by atoms with E-state index in [1.807, 2.05) is 30.3 Å². The van der Waals surface area contributed by atoms with Crippen molar-refractivity contribution in [2.75, 3.05) is 14.2 Å². The van der Waals surface area contributed by atoms with E-state index in [4.69, 9.17) is 18.9 Å². The predicted octanol–water partition coefficient (Wildman–Crippen LogP) is 3.09. The number of nitrogens with one attached hydrogen (secondary N) is 1. The van der Waals surface area contributed by atoms with Crippen LogP contribution in [0.5, 0.6) is 5.75 Å². The molecule has 1 heterocycles. The van der Waals surface area contributed by atoms with Crippen molar-refractivity contribution in [1.29, 1.82) is 0 Å². The van der Waals surface area contributed by atoms with Gasteiger partial charge in [-0.15, -0.1) is 0 Å². The highest BCUT2D eigenvalue weighted by Gasteiger charge is 2.57. The van der Waals surface area contributed by atoms with E-state index in [0.29, 0.717) is 11.3 Å². The first-order valence-corrected chi connectivity index (χ1v) is 9.66. The van der Waals surface area contributed by atoms with Crippen molar-refractivity contribution in [3.8, 4) is 5.75 Å². The van der Waals surface area contributed by atoms with Gasteiger partial charge in [0.1, 0.15) is 11.4 Å². The molecule has 0 saturated carbocycles. The molecule has 3 rings (SSSR count). The van der Waals surface area contributed by atoms with Gasteiger partial charge >= 0.3 is 11.9 Å².